The van der Waals surface area contributed by atoms with E-state index in [1.54, 1.807) is 19.0 Å². The number of guanidine groups is 1. The van der Waals surface area contributed by atoms with Gasteiger partial charge in [0, 0.05) is 26.6 Å². The monoisotopic (exact) mass is 498 g/mol. The Balaban J connectivity index is 0.00000225. The molecule has 1 amide bonds. The van der Waals surface area contributed by atoms with E-state index in [0.717, 1.165) is 30.0 Å². The van der Waals surface area contributed by atoms with Gasteiger partial charge >= 0.3 is 0 Å². The Labute approximate surface area is 184 Å². The largest absolute Gasteiger partial charge is 0.488 e. The Hall–Kier alpha value is -1.51. The van der Waals surface area contributed by atoms with Gasteiger partial charge in [0.15, 0.2) is 5.96 Å². The quantitative estimate of drug-likeness (QED) is 0.372. The first-order valence-electron chi connectivity index (χ1n) is 10.1. The highest BCUT2D eigenvalue weighted by Gasteiger charge is 2.39. The molecule has 1 aromatic rings. The van der Waals surface area contributed by atoms with E-state index in [-0.39, 0.29) is 42.5 Å². The van der Waals surface area contributed by atoms with Crippen LogP contribution in [-0.2, 0) is 11.2 Å². The van der Waals surface area contributed by atoms with E-state index < -0.39 is 0 Å². The predicted octanol–water partition coefficient (Wildman–Crippen LogP) is 2.42. The molecular formula is C21H31IN4O2. The first-order chi connectivity index (χ1) is 13.1. The number of carbonyl (C=O) groups excluding carboxylic acids is 1. The molecule has 1 aromatic carbocycles. The lowest BCUT2D eigenvalue weighted by Crippen LogP contribution is -2.48. The van der Waals surface area contributed by atoms with E-state index in [1.165, 1.54) is 31.2 Å². The first-order valence-corrected chi connectivity index (χ1v) is 10.1. The van der Waals surface area contributed by atoms with Crippen molar-refractivity contribution in [1.29, 1.82) is 0 Å². The second-order valence-electron chi connectivity index (χ2n) is 8.31. The molecule has 4 rings (SSSR count). The number of amides is 1. The van der Waals surface area contributed by atoms with Crippen LogP contribution < -0.4 is 15.4 Å². The average Bonchev–Trinajstić information content (AvgIpc) is 3.37. The SMILES string of the molecule is CN(C)C(=O)CN=C(NCC1Cc2ccccc2O1)NC1CC2CCC1C2.I. The highest BCUT2D eigenvalue weighted by atomic mass is 127. The third-order valence-corrected chi connectivity index (χ3v) is 6.14. The highest BCUT2D eigenvalue weighted by Crippen LogP contribution is 2.44. The summed E-state index contributed by atoms with van der Waals surface area (Å²) in [5, 5.41) is 7.02. The summed E-state index contributed by atoms with van der Waals surface area (Å²) in [7, 11) is 3.52. The van der Waals surface area contributed by atoms with Crippen LogP contribution in [0.25, 0.3) is 0 Å². The number of fused-ring (bicyclic) bond motifs is 3. The van der Waals surface area contributed by atoms with Gasteiger partial charge in [-0.15, -0.1) is 24.0 Å². The maximum Gasteiger partial charge on any atom is 0.243 e. The Morgan fingerprint density at radius 1 is 1.25 bits per heavy atom. The Morgan fingerprint density at radius 2 is 2.07 bits per heavy atom. The van der Waals surface area contributed by atoms with Crippen molar-refractivity contribution in [2.24, 2.45) is 16.8 Å². The van der Waals surface area contributed by atoms with E-state index in [4.69, 9.17) is 4.74 Å². The number of nitrogens with one attached hydrogen (secondary N) is 2. The number of rotatable bonds is 5. The molecule has 0 spiro atoms. The summed E-state index contributed by atoms with van der Waals surface area (Å²) in [6.45, 7) is 0.840. The molecule has 28 heavy (non-hydrogen) atoms. The van der Waals surface area contributed by atoms with E-state index in [9.17, 15) is 4.79 Å². The number of halogens is 1. The van der Waals surface area contributed by atoms with E-state index >= 15 is 0 Å². The zero-order chi connectivity index (χ0) is 18.8. The Bertz CT molecular complexity index is 699. The first kappa shape index (κ1) is 21.2. The van der Waals surface area contributed by atoms with Crippen LogP contribution >= 0.6 is 24.0 Å². The lowest BCUT2D eigenvalue weighted by atomic mass is 9.95. The Kier molecular flexibility index (Phi) is 7.06. The molecule has 0 aromatic heterocycles. The van der Waals surface area contributed by atoms with E-state index in [0.29, 0.717) is 12.6 Å². The number of likely N-dealkylation sites (N-methyl/N-ethyl adjacent to an activating group) is 1. The van der Waals surface area contributed by atoms with Crippen molar-refractivity contribution < 1.29 is 9.53 Å². The fourth-order valence-electron chi connectivity index (χ4n) is 4.62. The fraction of sp³-hybridized carbons (Fsp3) is 0.619. The third-order valence-electron chi connectivity index (χ3n) is 6.14. The van der Waals surface area contributed by atoms with Crippen LogP contribution in [0.1, 0.15) is 31.2 Å². The molecule has 4 unspecified atom stereocenters. The number of hydrogen-bond acceptors (Lipinski definition) is 3. The molecule has 6 nitrogen and oxygen atoms in total. The molecule has 1 aliphatic heterocycles. The molecule has 4 atom stereocenters. The lowest BCUT2D eigenvalue weighted by molar-refractivity contribution is -0.127. The molecular weight excluding hydrogens is 467 g/mol. The number of aliphatic imine (C=N–C) groups is 1. The molecule has 2 saturated carbocycles. The van der Waals surface area contributed by atoms with Crippen molar-refractivity contribution in [1.82, 2.24) is 15.5 Å². The summed E-state index contributed by atoms with van der Waals surface area (Å²) >= 11 is 0. The van der Waals surface area contributed by atoms with E-state index in [1.807, 2.05) is 12.1 Å². The second kappa shape index (κ2) is 9.33. The normalized spacial score (nSPS) is 27.6. The molecule has 0 saturated heterocycles. The van der Waals surface area contributed by atoms with Crippen LogP contribution in [0.3, 0.4) is 0 Å². The van der Waals surface area contributed by atoms with Gasteiger partial charge in [0.05, 0.1) is 6.54 Å². The van der Waals surface area contributed by atoms with Gasteiger partial charge < -0.3 is 20.3 Å². The van der Waals surface area contributed by atoms with Gasteiger partial charge in [0.1, 0.15) is 18.4 Å². The van der Waals surface area contributed by atoms with Crippen LogP contribution in [0.15, 0.2) is 29.3 Å². The summed E-state index contributed by atoms with van der Waals surface area (Å²) in [5.74, 6) is 3.34. The molecule has 1 heterocycles. The van der Waals surface area contributed by atoms with Gasteiger partial charge in [-0.05, 0) is 42.7 Å². The molecule has 2 bridgehead atoms. The minimum atomic E-state index is 0. The average molecular weight is 498 g/mol. The lowest BCUT2D eigenvalue weighted by Gasteiger charge is -2.26. The van der Waals surface area contributed by atoms with Crippen molar-refractivity contribution in [3.63, 3.8) is 0 Å². The van der Waals surface area contributed by atoms with Gasteiger partial charge in [0.2, 0.25) is 5.91 Å². The number of nitrogens with zero attached hydrogens (tertiary/aromatic N) is 2. The number of ether oxygens (including phenoxy) is 1. The maximum atomic E-state index is 12.0. The van der Waals surface area contributed by atoms with Crippen LogP contribution in [0.4, 0.5) is 0 Å². The van der Waals surface area contributed by atoms with Crippen LogP contribution in [0.5, 0.6) is 5.75 Å². The number of para-hydroxylation sites is 1. The van der Waals surface area contributed by atoms with Crippen molar-refractivity contribution in [3.05, 3.63) is 29.8 Å². The van der Waals surface area contributed by atoms with Crippen molar-refractivity contribution in [3.8, 4) is 5.75 Å². The summed E-state index contributed by atoms with van der Waals surface area (Å²) < 4.78 is 6.02. The molecule has 2 aliphatic carbocycles. The molecule has 2 fully saturated rings. The summed E-state index contributed by atoms with van der Waals surface area (Å²) in [5.41, 5.74) is 1.26. The molecule has 3 aliphatic rings. The molecule has 154 valence electrons. The second-order valence-corrected chi connectivity index (χ2v) is 8.31. The fourth-order valence-corrected chi connectivity index (χ4v) is 4.62. The van der Waals surface area contributed by atoms with Crippen molar-refractivity contribution >= 4 is 35.8 Å². The molecule has 7 heteroatoms. The van der Waals surface area contributed by atoms with Gasteiger partial charge in [-0.25, -0.2) is 4.99 Å². The topological polar surface area (TPSA) is 66.0 Å². The van der Waals surface area contributed by atoms with Crippen LogP contribution in [-0.4, -0.2) is 56.1 Å². The molecule has 2 N–H and O–H groups in total. The van der Waals surface area contributed by atoms with Crippen molar-refractivity contribution in [2.45, 2.75) is 44.2 Å². The van der Waals surface area contributed by atoms with Crippen LogP contribution in [0.2, 0.25) is 0 Å². The smallest absolute Gasteiger partial charge is 0.243 e. The minimum Gasteiger partial charge on any atom is -0.488 e. The minimum absolute atomic E-state index is 0. The van der Waals surface area contributed by atoms with Gasteiger partial charge in [-0.2, -0.15) is 0 Å². The van der Waals surface area contributed by atoms with E-state index in [2.05, 4.69) is 27.8 Å². The summed E-state index contributed by atoms with van der Waals surface area (Å²) in [4.78, 5) is 18.1. The van der Waals surface area contributed by atoms with Gasteiger partial charge in [-0.3, -0.25) is 4.79 Å². The maximum absolute atomic E-state index is 12.0. The predicted molar refractivity (Wildman–Crippen MR) is 121 cm³/mol. The number of hydrogen-bond donors (Lipinski definition) is 2. The summed E-state index contributed by atoms with van der Waals surface area (Å²) in [6, 6.07) is 8.67. The number of carbonyl (C=O) groups is 1. The molecule has 0 radical (unpaired) electrons. The van der Waals surface area contributed by atoms with Gasteiger partial charge in [0.25, 0.3) is 0 Å². The zero-order valence-electron chi connectivity index (χ0n) is 16.7. The highest BCUT2D eigenvalue weighted by molar-refractivity contribution is 14.0. The van der Waals surface area contributed by atoms with Crippen LogP contribution in [0, 0.1) is 11.8 Å². The number of benzene rings is 1. The zero-order valence-corrected chi connectivity index (χ0v) is 19.0. The van der Waals surface area contributed by atoms with Gasteiger partial charge in [-0.1, -0.05) is 24.6 Å². The standard InChI is InChI=1S/C21H30N4O2.HI/c1-25(2)20(26)13-23-21(24-18-10-14-7-8-15(18)9-14)22-12-17-11-16-5-3-4-6-19(16)27-17;/h3-6,14-15,17-18H,7-13H2,1-2H3,(H2,22,23,24);1H. The third kappa shape index (κ3) is 4.90. The Morgan fingerprint density at radius 3 is 2.75 bits per heavy atom. The summed E-state index contributed by atoms with van der Waals surface area (Å²) in [6.07, 6.45) is 6.24. The van der Waals surface area contributed by atoms with Crippen molar-refractivity contribution in [2.75, 3.05) is 27.2 Å².